The highest BCUT2D eigenvalue weighted by Crippen LogP contribution is 1.82. The highest BCUT2D eigenvalue weighted by Gasteiger charge is 1.89. The highest BCUT2D eigenvalue weighted by atomic mass is 15.1. The van der Waals surface area contributed by atoms with Crippen LogP contribution in [0, 0.1) is 11.3 Å². The van der Waals surface area contributed by atoms with E-state index in [1.807, 2.05) is 20.9 Å². The lowest BCUT2D eigenvalue weighted by Crippen LogP contribution is -2.18. The maximum absolute atomic E-state index is 8.13. The molecule has 0 aromatic rings. The molecule has 0 spiro atoms. The number of rotatable bonds is 3. The van der Waals surface area contributed by atoms with Crippen molar-refractivity contribution in [3.05, 3.63) is 0 Å². The van der Waals surface area contributed by atoms with Gasteiger partial charge in [-0.05, 0) is 13.6 Å². The van der Waals surface area contributed by atoms with E-state index < -0.39 is 0 Å². The molecule has 0 unspecified atom stereocenters. The Labute approximate surface area is 64.5 Å². The lowest BCUT2D eigenvalue weighted by Gasteiger charge is -2.09. The van der Waals surface area contributed by atoms with Gasteiger partial charge in [0, 0.05) is 13.0 Å². The van der Waals surface area contributed by atoms with Gasteiger partial charge in [-0.3, -0.25) is 0 Å². The molecule has 0 aromatic heterocycles. The molecule has 2 heteroatoms. The zero-order valence-electron chi connectivity index (χ0n) is 7.52. The quantitative estimate of drug-likeness (QED) is 0.601. The second kappa shape index (κ2) is 11.3. The molecule has 0 N–H and O–H groups in total. The fourth-order valence-corrected chi connectivity index (χ4v) is 0.399. The molecule has 0 heterocycles. The summed E-state index contributed by atoms with van der Waals surface area (Å²) >= 11 is 0. The number of nitriles is 1. The molecule has 0 aliphatic carbocycles. The highest BCUT2D eigenvalue weighted by molar-refractivity contribution is 4.70. The molecule has 2 nitrogen and oxygen atoms in total. The summed E-state index contributed by atoms with van der Waals surface area (Å²) in [6, 6.07) is 2.09. The third-order valence-corrected chi connectivity index (χ3v) is 1.15. The molecule has 10 heavy (non-hydrogen) atoms. The molecule has 0 aliphatic heterocycles. The average molecular weight is 142 g/mol. The van der Waals surface area contributed by atoms with E-state index in [1.54, 1.807) is 0 Å². The van der Waals surface area contributed by atoms with Gasteiger partial charge in [0.1, 0.15) is 0 Å². The van der Waals surface area contributed by atoms with Crippen LogP contribution in [0.2, 0.25) is 0 Å². The molecular weight excluding hydrogens is 124 g/mol. The second-order valence-electron chi connectivity index (χ2n) is 1.80. The third-order valence-electron chi connectivity index (χ3n) is 1.15. The maximum atomic E-state index is 8.13. The van der Waals surface area contributed by atoms with E-state index in [0.29, 0.717) is 6.42 Å². The fourth-order valence-electron chi connectivity index (χ4n) is 0.399. The zero-order valence-corrected chi connectivity index (χ0v) is 7.52. The molecule has 0 rings (SSSR count). The van der Waals surface area contributed by atoms with Crippen molar-refractivity contribution in [2.45, 2.75) is 27.2 Å². The van der Waals surface area contributed by atoms with E-state index >= 15 is 0 Å². The topological polar surface area (TPSA) is 27.0 Å². The van der Waals surface area contributed by atoms with Crippen LogP contribution in [-0.2, 0) is 0 Å². The van der Waals surface area contributed by atoms with Crippen molar-refractivity contribution in [2.24, 2.45) is 0 Å². The lowest BCUT2D eigenvalue weighted by molar-refractivity contribution is 0.362. The summed E-state index contributed by atoms with van der Waals surface area (Å²) < 4.78 is 0. The summed E-state index contributed by atoms with van der Waals surface area (Å²) in [5.74, 6) is 0. The van der Waals surface area contributed by atoms with Crippen molar-refractivity contribution in [1.29, 1.82) is 5.26 Å². The van der Waals surface area contributed by atoms with Crippen LogP contribution in [0.25, 0.3) is 0 Å². The Balaban J connectivity index is 0. The predicted molar refractivity (Wildman–Crippen MR) is 44.7 cm³/mol. The zero-order chi connectivity index (χ0) is 8.41. The molecule has 60 valence electrons. The summed E-state index contributed by atoms with van der Waals surface area (Å²) in [4.78, 5) is 2.11. The SMILES string of the molecule is CC.CCN(C)CCC#N. The maximum Gasteiger partial charge on any atom is 0.0635 e. The van der Waals surface area contributed by atoms with Crippen LogP contribution in [-0.4, -0.2) is 25.0 Å². The van der Waals surface area contributed by atoms with Crippen LogP contribution in [0.1, 0.15) is 27.2 Å². The summed E-state index contributed by atoms with van der Waals surface area (Å²) in [5.41, 5.74) is 0. The summed E-state index contributed by atoms with van der Waals surface area (Å²) in [5, 5.41) is 8.13. The minimum Gasteiger partial charge on any atom is -0.306 e. The van der Waals surface area contributed by atoms with Crippen LogP contribution in [0.5, 0.6) is 0 Å². The number of nitrogens with zero attached hydrogens (tertiary/aromatic N) is 2. The monoisotopic (exact) mass is 142 g/mol. The predicted octanol–water partition coefficient (Wildman–Crippen LogP) is 1.88. The molecule has 0 saturated heterocycles. The van der Waals surface area contributed by atoms with Crippen molar-refractivity contribution in [3.8, 4) is 6.07 Å². The molecule has 0 atom stereocenters. The van der Waals surface area contributed by atoms with Crippen LogP contribution < -0.4 is 0 Å². The lowest BCUT2D eigenvalue weighted by atomic mass is 10.4. The summed E-state index contributed by atoms with van der Waals surface area (Å²) in [6.07, 6.45) is 0.643. The van der Waals surface area contributed by atoms with Crippen molar-refractivity contribution < 1.29 is 0 Å². The molecule has 0 fully saturated rings. The minimum absolute atomic E-state index is 0.643. The van der Waals surface area contributed by atoms with Crippen molar-refractivity contribution in [3.63, 3.8) is 0 Å². The first-order chi connectivity index (χ1) is 4.81. The van der Waals surface area contributed by atoms with E-state index in [1.165, 1.54) is 0 Å². The standard InChI is InChI=1S/C6H12N2.C2H6/c1-3-8(2)6-4-5-7;1-2/h3-4,6H2,1-2H3;1-2H3. The van der Waals surface area contributed by atoms with Gasteiger partial charge in [0.15, 0.2) is 0 Å². The molecule has 0 aromatic carbocycles. The summed E-state index contributed by atoms with van der Waals surface area (Å²) in [6.45, 7) is 8.01. The van der Waals surface area contributed by atoms with Gasteiger partial charge in [0.2, 0.25) is 0 Å². The van der Waals surface area contributed by atoms with Crippen LogP contribution >= 0.6 is 0 Å². The molecule has 0 amide bonds. The average Bonchev–Trinajstić information content (AvgIpc) is 2.04. The van der Waals surface area contributed by atoms with Gasteiger partial charge in [0.05, 0.1) is 6.07 Å². The summed E-state index contributed by atoms with van der Waals surface area (Å²) in [7, 11) is 2.01. The normalized spacial score (nSPS) is 8.00. The van der Waals surface area contributed by atoms with Gasteiger partial charge in [-0.25, -0.2) is 0 Å². The van der Waals surface area contributed by atoms with E-state index in [0.717, 1.165) is 13.1 Å². The Morgan fingerprint density at radius 3 is 2.20 bits per heavy atom. The van der Waals surface area contributed by atoms with Crippen LogP contribution in [0.15, 0.2) is 0 Å². The van der Waals surface area contributed by atoms with E-state index in [9.17, 15) is 0 Å². The first-order valence-corrected chi connectivity index (χ1v) is 3.86. The fraction of sp³-hybridized carbons (Fsp3) is 0.875. The first kappa shape index (κ1) is 12.2. The molecule has 0 saturated carbocycles. The van der Waals surface area contributed by atoms with Crippen molar-refractivity contribution >= 4 is 0 Å². The Bertz CT molecular complexity index is 83.7. The molecule has 0 aliphatic rings. The smallest absolute Gasteiger partial charge is 0.0635 e. The van der Waals surface area contributed by atoms with Gasteiger partial charge in [0.25, 0.3) is 0 Å². The van der Waals surface area contributed by atoms with Gasteiger partial charge in [-0.15, -0.1) is 0 Å². The number of hydrogen-bond donors (Lipinski definition) is 0. The minimum atomic E-state index is 0.643. The van der Waals surface area contributed by atoms with E-state index in [-0.39, 0.29) is 0 Å². The molecule has 0 bridgehead atoms. The Morgan fingerprint density at radius 1 is 1.40 bits per heavy atom. The largest absolute Gasteiger partial charge is 0.306 e. The van der Waals surface area contributed by atoms with Gasteiger partial charge in [-0.1, -0.05) is 20.8 Å². The first-order valence-electron chi connectivity index (χ1n) is 3.86. The Morgan fingerprint density at radius 2 is 1.90 bits per heavy atom. The van der Waals surface area contributed by atoms with Crippen molar-refractivity contribution in [1.82, 2.24) is 4.90 Å². The van der Waals surface area contributed by atoms with E-state index in [4.69, 9.17) is 5.26 Å². The third kappa shape index (κ3) is 10.4. The van der Waals surface area contributed by atoms with Gasteiger partial charge in [-0.2, -0.15) is 5.26 Å². The van der Waals surface area contributed by atoms with Crippen molar-refractivity contribution in [2.75, 3.05) is 20.1 Å². The molecular formula is C8H18N2. The molecule has 0 radical (unpaired) electrons. The van der Waals surface area contributed by atoms with E-state index in [2.05, 4.69) is 17.9 Å². The van der Waals surface area contributed by atoms with Crippen LogP contribution in [0.3, 0.4) is 0 Å². The Kier molecular flexibility index (Phi) is 13.7. The number of hydrogen-bond acceptors (Lipinski definition) is 2. The van der Waals surface area contributed by atoms with Gasteiger partial charge >= 0.3 is 0 Å². The second-order valence-corrected chi connectivity index (χ2v) is 1.80. The van der Waals surface area contributed by atoms with Crippen LogP contribution in [0.4, 0.5) is 0 Å². The Hall–Kier alpha value is -0.550. The van der Waals surface area contributed by atoms with Gasteiger partial charge < -0.3 is 4.90 Å².